The molecule has 2 amide bonds. The van der Waals surface area contributed by atoms with Crippen molar-refractivity contribution < 1.29 is 4.79 Å². The maximum Gasteiger partial charge on any atom is 0.321 e. The standard InChI is InChI=1S/C22H23Cl2N3O/c1-13-3-6-20-17(11-13)14(2)21(26-20)15-7-9-27(10-8-15)22(28)25-16-4-5-18(23)19(24)12-16/h3-6,11-12,15,26H,7-10H2,1-2H3,(H,25,28). The van der Waals surface area contributed by atoms with Crippen molar-refractivity contribution in [1.82, 2.24) is 9.88 Å². The van der Waals surface area contributed by atoms with Crippen LogP contribution in [0.3, 0.4) is 0 Å². The zero-order valence-electron chi connectivity index (χ0n) is 16.0. The van der Waals surface area contributed by atoms with Crippen molar-refractivity contribution in [1.29, 1.82) is 0 Å². The second kappa shape index (κ2) is 7.69. The summed E-state index contributed by atoms with van der Waals surface area (Å²) in [5.41, 5.74) is 5.76. The van der Waals surface area contributed by atoms with E-state index in [0.717, 1.165) is 25.9 Å². The van der Waals surface area contributed by atoms with E-state index in [1.165, 1.54) is 27.7 Å². The van der Waals surface area contributed by atoms with Crippen LogP contribution in [0, 0.1) is 13.8 Å². The quantitative estimate of drug-likeness (QED) is 0.492. The highest BCUT2D eigenvalue weighted by atomic mass is 35.5. The number of H-pyrrole nitrogens is 1. The van der Waals surface area contributed by atoms with Crippen molar-refractivity contribution in [2.24, 2.45) is 0 Å². The highest BCUT2D eigenvalue weighted by Gasteiger charge is 2.26. The third kappa shape index (κ3) is 3.71. The molecule has 28 heavy (non-hydrogen) atoms. The van der Waals surface area contributed by atoms with Gasteiger partial charge >= 0.3 is 6.03 Å². The zero-order chi connectivity index (χ0) is 19.8. The lowest BCUT2D eigenvalue weighted by Crippen LogP contribution is -2.40. The summed E-state index contributed by atoms with van der Waals surface area (Å²) in [5.74, 6) is 0.446. The van der Waals surface area contributed by atoms with Crippen LogP contribution in [-0.4, -0.2) is 29.0 Å². The summed E-state index contributed by atoms with van der Waals surface area (Å²) in [6.07, 6.45) is 1.89. The third-order valence-electron chi connectivity index (χ3n) is 5.61. The topological polar surface area (TPSA) is 48.1 Å². The molecule has 1 aromatic heterocycles. The Kier molecular flexibility index (Phi) is 5.26. The van der Waals surface area contributed by atoms with Crippen LogP contribution in [0.25, 0.3) is 10.9 Å². The first kappa shape index (κ1) is 19.2. The van der Waals surface area contributed by atoms with Gasteiger partial charge in [-0.1, -0.05) is 34.8 Å². The average molecular weight is 416 g/mol. The van der Waals surface area contributed by atoms with Gasteiger partial charge < -0.3 is 15.2 Å². The Morgan fingerprint density at radius 2 is 1.82 bits per heavy atom. The van der Waals surface area contributed by atoms with E-state index >= 15 is 0 Å². The summed E-state index contributed by atoms with van der Waals surface area (Å²) < 4.78 is 0. The lowest BCUT2D eigenvalue weighted by atomic mass is 9.91. The van der Waals surface area contributed by atoms with Crippen molar-refractivity contribution in [3.63, 3.8) is 0 Å². The van der Waals surface area contributed by atoms with Crippen LogP contribution in [0.2, 0.25) is 10.0 Å². The Balaban J connectivity index is 1.42. The van der Waals surface area contributed by atoms with E-state index < -0.39 is 0 Å². The van der Waals surface area contributed by atoms with E-state index in [1.54, 1.807) is 18.2 Å². The summed E-state index contributed by atoms with van der Waals surface area (Å²) in [6, 6.07) is 11.6. The molecule has 4 nitrogen and oxygen atoms in total. The number of hydrogen-bond acceptors (Lipinski definition) is 1. The molecule has 1 aliphatic rings. The molecule has 1 fully saturated rings. The fourth-order valence-corrected chi connectivity index (χ4v) is 4.32. The molecule has 2 heterocycles. The summed E-state index contributed by atoms with van der Waals surface area (Å²) in [7, 11) is 0. The summed E-state index contributed by atoms with van der Waals surface area (Å²) in [4.78, 5) is 18.1. The monoisotopic (exact) mass is 415 g/mol. The number of carbonyl (C=O) groups is 1. The van der Waals surface area contributed by atoms with Crippen molar-refractivity contribution in [3.05, 3.63) is 63.3 Å². The minimum absolute atomic E-state index is 0.0965. The number of likely N-dealkylation sites (tertiary alicyclic amines) is 1. The van der Waals surface area contributed by atoms with Crippen LogP contribution in [0.4, 0.5) is 10.5 Å². The number of aromatic amines is 1. The molecule has 0 saturated carbocycles. The van der Waals surface area contributed by atoms with Gasteiger partial charge in [-0.25, -0.2) is 4.79 Å². The molecule has 3 aromatic rings. The molecule has 1 saturated heterocycles. The Bertz CT molecular complexity index is 1040. The highest BCUT2D eigenvalue weighted by Crippen LogP contribution is 2.34. The fraction of sp³-hybridized carbons (Fsp3) is 0.318. The van der Waals surface area contributed by atoms with Crippen molar-refractivity contribution >= 4 is 45.8 Å². The van der Waals surface area contributed by atoms with Crippen LogP contribution >= 0.6 is 23.2 Å². The Hall–Kier alpha value is -2.17. The van der Waals surface area contributed by atoms with E-state index in [9.17, 15) is 4.79 Å². The highest BCUT2D eigenvalue weighted by molar-refractivity contribution is 6.42. The van der Waals surface area contributed by atoms with Gasteiger partial charge in [-0.15, -0.1) is 0 Å². The second-order valence-electron chi connectivity index (χ2n) is 7.53. The molecule has 0 radical (unpaired) electrons. The Morgan fingerprint density at radius 1 is 1.07 bits per heavy atom. The van der Waals surface area contributed by atoms with E-state index in [2.05, 4.69) is 42.3 Å². The van der Waals surface area contributed by atoms with Gasteiger partial charge in [0.15, 0.2) is 0 Å². The van der Waals surface area contributed by atoms with E-state index in [4.69, 9.17) is 23.2 Å². The predicted molar refractivity (Wildman–Crippen MR) is 117 cm³/mol. The normalized spacial score (nSPS) is 15.2. The number of benzene rings is 2. The Labute approximate surface area is 174 Å². The number of aryl methyl sites for hydroxylation is 2. The first-order chi connectivity index (χ1) is 13.4. The number of piperidine rings is 1. The van der Waals surface area contributed by atoms with Crippen LogP contribution in [0.15, 0.2) is 36.4 Å². The molecular formula is C22H23Cl2N3O. The van der Waals surface area contributed by atoms with Gasteiger partial charge in [-0.3, -0.25) is 0 Å². The number of aromatic nitrogens is 1. The fourth-order valence-electron chi connectivity index (χ4n) is 4.02. The minimum Gasteiger partial charge on any atom is -0.358 e. The molecular weight excluding hydrogens is 393 g/mol. The molecule has 2 N–H and O–H groups in total. The maximum atomic E-state index is 12.6. The summed E-state index contributed by atoms with van der Waals surface area (Å²) in [5, 5.41) is 5.12. The van der Waals surface area contributed by atoms with Gasteiger partial charge in [0.05, 0.1) is 10.0 Å². The lowest BCUT2D eigenvalue weighted by Gasteiger charge is -2.32. The Morgan fingerprint density at radius 3 is 2.54 bits per heavy atom. The van der Waals surface area contributed by atoms with Gasteiger partial charge in [-0.05, 0) is 62.6 Å². The van der Waals surface area contributed by atoms with Gasteiger partial charge in [0.25, 0.3) is 0 Å². The number of nitrogens with zero attached hydrogens (tertiary/aromatic N) is 1. The molecule has 0 bridgehead atoms. The largest absolute Gasteiger partial charge is 0.358 e. The van der Waals surface area contributed by atoms with Crippen LogP contribution in [-0.2, 0) is 0 Å². The maximum absolute atomic E-state index is 12.6. The number of amides is 2. The second-order valence-corrected chi connectivity index (χ2v) is 8.35. The molecule has 0 spiro atoms. The summed E-state index contributed by atoms with van der Waals surface area (Å²) >= 11 is 12.0. The predicted octanol–water partition coefficient (Wildman–Crippen LogP) is 6.50. The number of nitrogens with one attached hydrogen (secondary N) is 2. The zero-order valence-corrected chi connectivity index (χ0v) is 17.5. The van der Waals surface area contributed by atoms with Gasteiger partial charge in [-0.2, -0.15) is 0 Å². The molecule has 0 atom stereocenters. The van der Waals surface area contributed by atoms with Crippen LogP contribution in [0.1, 0.15) is 35.6 Å². The SMILES string of the molecule is Cc1ccc2[nH]c(C3CCN(C(=O)Nc4ccc(Cl)c(Cl)c4)CC3)c(C)c2c1. The van der Waals surface area contributed by atoms with Gasteiger partial charge in [0.1, 0.15) is 0 Å². The molecule has 2 aromatic carbocycles. The number of rotatable bonds is 2. The van der Waals surface area contributed by atoms with Crippen molar-refractivity contribution in [2.75, 3.05) is 18.4 Å². The van der Waals surface area contributed by atoms with Gasteiger partial charge in [0.2, 0.25) is 0 Å². The molecule has 4 rings (SSSR count). The number of anilines is 1. The van der Waals surface area contributed by atoms with Crippen LogP contribution in [0.5, 0.6) is 0 Å². The first-order valence-corrected chi connectivity index (χ1v) is 10.3. The first-order valence-electron chi connectivity index (χ1n) is 9.52. The smallest absolute Gasteiger partial charge is 0.321 e. The number of hydrogen-bond donors (Lipinski definition) is 2. The molecule has 0 aliphatic carbocycles. The number of carbonyl (C=O) groups excluding carboxylic acids is 1. The number of fused-ring (bicyclic) bond motifs is 1. The molecule has 0 unspecified atom stereocenters. The number of urea groups is 1. The molecule has 1 aliphatic heterocycles. The lowest BCUT2D eigenvalue weighted by molar-refractivity contribution is 0.194. The average Bonchev–Trinajstić information content (AvgIpc) is 3.01. The number of halogens is 2. The van der Waals surface area contributed by atoms with Gasteiger partial charge in [0, 0.05) is 41.3 Å². The van der Waals surface area contributed by atoms with E-state index in [1.807, 2.05) is 4.90 Å². The summed E-state index contributed by atoms with van der Waals surface area (Å²) in [6.45, 7) is 5.77. The van der Waals surface area contributed by atoms with Crippen molar-refractivity contribution in [3.8, 4) is 0 Å². The van der Waals surface area contributed by atoms with E-state index in [-0.39, 0.29) is 6.03 Å². The van der Waals surface area contributed by atoms with E-state index in [0.29, 0.717) is 21.7 Å². The van der Waals surface area contributed by atoms with Crippen LogP contribution < -0.4 is 5.32 Å². The third-order valence-corrected chi connectivity index (χ3v) is 6.35. The van der Waals surface area contributed by atoms with Crippen molar-refractivity contribution in [2.45, 2.75) is 32.6 Å². The minimum atomic E-state index is -0.0965. The molecule has 146 valence electrons. The molecule has 6 heteroatoms.